The molecule has 1 saturated carbocycles. The van der Waals surface area contributed by atoms with Crippen LogP contribution in [0.4, 0.5) is 0 Å². The van der Waals surface area contributed by atoms with E-state index >= 15 is 0 Å². The molecule has 0 unspecified atom stereocenters. The summed E-state index contributed by atoms with van der Waals surface area (Å²) in [4.78, 5) is 2.44. The van der Waals surface area contributed by atoms with Crippen LogP contribution in [0.3, 0.4) is 0 Å². The molecule has 0 amide bonds. The summed E-state index contributed by atoms with van der Waals surface area (Å²) in [5.74, 6) is 0.909. The molecule has 16 heavy (non-hydrogen) atoms. The van der Waals surface area contributed by atoms with E-state index in [1.54, 1.807) is 0 Å². The molecule has 0 aromatic carbocycles. The molecule has 1 saturated heterocycles. The molecular formula is C13H27N3. The van der Waals surface area contributed by atoms with E-state index in [-0.39, 0.29) is 0 Å². The first kappa shape index (κ1) is 12.3. The number of hydrogen-bond acceptors (Lipinski definition) is 3. The zero-order chi connectivity index (χ0) is 11.4. The van der Waals surface area contributed by atoms with Gasteiger partial charge in [0.15, 0.2) is 0 Å². The highest BCUT2D eigenvalue weighted by atomic mass is 15.1. The summed E-state index contributed by atoms with van der Waals surface area (Å²) in [6.45, 7) is 3.79. The third-order valence-electron chi connectivity index (χ3n) is 4.31. The number of nitrogens with two attached hydrogens (primary N) is 1. The first-order valence-electron chi connectivity index (χ1n) is 6.91. The van der Waals surface area contributed by atoms with E-state index in [9.17, 15) is 0 Å². The summed E-state index contributed by atoms with van der Waals surface area (Å²) >= 11 is 0. The summed E-state index contributed by atoms with van der Waals surface area (Å²) in [5, 5.41) is 3.75. The largest absolute Gasteiger partial charge is 0.328 e. The Morgan fingerprint density at radius 3 is 2.31 bits per heavy atom. The zero-order valence-corrected chi connectivity index (χ0v) is 10.6. The highest BCUT2D eigenvalue weighted by Gasteiger charge is 2.21. The van der Waals surface area contributed by atoms with Gasteiger partial charge in [-0.05, 0) is 71.1 Å². The molecule has 0 radical (unpaired) electrons. The van der Waals surface area contributed by atoms with Gasteiger partial charge in [0.25, 0.3) is 0 Å². The van der Waals surface area contributed by atoms with Gasteiger partial charge in [-0.3, -0.25) is 0 Å². The highest BCUT2D eigenvalue weighted by molar-refractivity contribution is 4.80. The molecule has 1 aliphatic heterocycles. The van der Waals surface area contributed by atoms with Crippen LogP contribution in [0.2, 0.25) is 0 Å². The van der Waals surface area contributed by atoms with Crippen molar-refractivity contribution in [3.05, 3.63) is 0 Å². The van der Waals surface area contributed by atoms with Crippen molar-refractivity contribution in [1.29, 1.82) is 0 Å². The SMILES string of the molecule is CN1CCC(CNC2CCC(N)CC2)CC1. The fourth-order valence-corrected chi connectivity index (χ4v) is 2.92. The minimum Gasteiger partial charge on any atom is -0.328 e. The molecule has 1 aliphatic carbocycles. The maximum absolute atomic E-state index is 5.92. The smallest absolute Gasteiger partial charge is 0.00683 e. The van der Waals surface area contributed by atoms with Gasteiger partial charge in [0, 0.05) is 12.1 Å². The molecule has 0 aromatic rings. The van der Waals surface area contributed by atoms with E-state index < -0.39 is 0 Å². The Morgan fingerprint density at radius 2 is 1.69 bits per heavy atom. The monoisotopic (exact) mass is 225 g/mol. The van der Waals surface area contributed by atoms with Crippen LogP contribution < -0.4 is 11.1 Å². The van der Waals surface area contributed by atoms with Crippen LogP contribution in [0.15, 0.2) is 0 Å². The van der Waals surface area contributed by atoms with Crippen molar-refractivity contribution in [2.75, 3.05) is 26.7 Å². The van der Waals surface area contributed by atoms with E-state index in [1.807, 2.05) is 0 Å². The lowest BCUT2D eigenvalue weighted by atomic mass is 9.90. The molecule has 0 bridgehead atoms. The number of likely N-dealkylation sites (tertiary alicyclic amines) is 1. The minimum absolute atomic E-state index is 0.474. The Bertz CT molecular complexity index is 169. The highest BCUT2D eigenvalue weighted by Crippen LogP contribution is 2.19. The Morgan fingerprint density at radius 1 is 1.06 bits per heavy atom. The van der Waals surface area contributed by atoms with E-state index in [4.69, 9.17) is 5.73 Å². The van der Waals surface area contributed by atoms with Gasteiger partial charge in [0.1, 0.15) is 0 Å². The average Bonchev–Trinajstić information content (AvgIpc) is 2.30. The van der Waals surface area contributed by atoms with Crippen LogP contribution in [0.25, 0.3) is 0 Å². The predicted octanol–water partition coefficient (Wildman–Crippen LogP) is 1.19. The molecule has 0 aromatic heterocycles. The average molecular weight is 225 g/mol. The van der Waals surface area contributed by atoms with Crippen LogP contribution in [0.5, 0.6) is 0 Å². The van der Waals surface area contributed by atoms with Crippen molar-refractivity contribution in [2.45, 2.75) is 50.6 Å². The standard InChI is InChI=1S/C13H27N3/c1-16-8-6-11(7-9-16)10-15-13-4-2-12(14)3-5-13/h11-13,15H,2-10,14H2,1H3. The molecular weight excluding hydrogens is 198 g/mol. The van der Waals surface area contributed by atoms with E-state index in [0.29, 0.717) is 6.04 Å². The van der Waals surface area contributed by atoms with Crippen molar-refractivity contribution < 1.29 is 0 Å². The predicted molar refractivity (Wildman–Crippen MR) is 68.5 cm³/mol. The number of rotatable bonds is 3. The van der Waals surface area contributed by atoms with Gasteiger partial charge in [-0.2, -0.15) is 0 Å². The van der Waals surface area contributed by atoms with Crippen LogP contribution in [-0.2, 0) is 0 Å². The van der Waals surface area contributed by atoms with E-state index in [0.717, 1.165) is 12.0 Å². The van der Waals surface area contributed by atoms with Gasteiger partial charge in [-0.25, -0.2) is 0 Å². The molecule has 94 valence electrons. The summed E-state index contributed by atoms with van der Waals surface area (Å²) in [7, 11) is 2.23. The summed E-state index contributed by atoms with van der Waals surface area (Å²) < 4.78 is 0. The maximum Gasteiger partial charge on any atom is 0.00683 e. The fourth-order valence-electron chi connectivity index (χ4n) is 2.92. The molecule has 0 spiro atoms. The summed E-state index contributed by atoms with van der Waals surface area (Å²) in [6, 6.07) is 1.22. The van der Waals surface area contributed by atoms with Crippen molar-refractivity contribution in [3.63, 3.8) is 0 Å². The Kier molecular flexibility index (Phi) is 4.62. The van der Waals surface area contributed by atoms with Gasteiger partial charge in [-0.15, -0.1) is 0 Å². The Hall–Kier alpha value is -0.120. The number of piperidine rings is 1. The fraction of sp³-hybridized carbons (Fsp3) is 1.00. The topological polar surface area (TPSA) is 41.3 Å². The molecule has 2 aliphatic rings. The number of nitrogens with one attached hydrogen (secondary N) is 1. The third kappa shape index (κ3) is 3.72. The summed E-state index contributed by atoms with van der Waals surface area (Å²) in [6.07, 6.45) is 7.74. The second-order valence-corrected chi connectivity index (χ2v) is 5.77. The van der Waals surface area contributed by atoms with Gasteiger partial charge in [0.2, 0.25) is 0 Å². The van der Waals surface area contributed by atoms with Crippen molar-refractivity contribution in [3.8, 4) is 0 Å². The first-order valence-corrected chi connectivity index (χ1v) is 6.91. The molecule has 0 atom stereocenters. The first-order chi connectivity index (χ1) is 7.74. The lowest BCUT2D eigenvalue weighted by Crippen LogP contribution is -2.41. The Labute approximate surface area is 99.8 Å². The van der Waals surface area contributed by atoms with Crippen LogP contribution in [0, 0.1) is 5.92 Å². The van der Waals surface area contributed by atoms with Crippen molar-refractivity contribution in [1.82, 2.24) is 10.2 Å². The second-order valence-electron chi connectivity index (χ2n) is 5.77. The molecule has 1 heterocycles. The molecule has 2 rings (SSSR count). The Balaban J connectivity index is 1.60. The van der Waals surface area contributed by atoms with Crippen LogP contribution in [0.1, 0.15) is 38.5 Å². The van der Waals surface area contributed by atoms with Gasteiger partial charge < -0.3 is 16.0 Å². The van der Waals surface area contributed by atoms with E-state index in [2.05, 4.69) is 17.3 Å². The number of nitrogens with zero attached hydrogens (tertiary/aromatic N) is 1. The van der Waals surface area contributed by atoms with Crippen LogP contribution >= 0.6 is 0 Å². The summed E-state index contributed by atoms with van der Waals surface area (Å²) in [5.41, 5.74) is 5.92. The van der Waals surface area contributed by atoms with Gasteiger partial charge >= 0.3 is 0 Å². The van der Waals surface area contributed by atoms with Gasteiger partial charge in [-0.1, -0.05) is 0 Å². The van der Waals surface area contributed by atoms with Crippen LogP contribution in [-0.4, -0.2) is 43.7 Å². The zero-order valence-electron chi connectivity index (χ0n) is 10.6. The maximum atomic E-state index is 5.92. The molecule has 3 nitrogen and oxygen atoms in total. The molecule has 3 N–H and O–H groups in total. The third-order valence-corrected chi connectivity index (χ3v) is 4.31. The van der Waals surface area contributed by atoms with Crippen molar-refractivity contribution >= 4 is 0 Å². The lowest BCUT2D eigenvalue weighted by molar-refractivity contribution is 0.207. The van der Waals surface area contributed by atoms with Crippen molar-refractivity contribution in [2.24, 2.45) is 11.7 Å². The van der Waals surface area contributed by atoms with E-state index in [1.165, 1.54) is 58.2 Å². The second kappa shape index (κ2) is 5.99. The number of hydrogen-bond donors (Lipinski definition) is 2. The molecule has 3 heteroatoms. The quantitative estimate of drug-likeness (QED) is 0.758. The minimum atomic E-state index is 0.474. The molecule has 2 fully saturated rings. The lowest BCUT2D eigenvalue weighted by Gasteiger charge is -2.32. The normalized spacial score (nSPS) is 34.1. The van der Waals surface area contributed by atoms with Gasteiger partial charge in [0.05, 0.1) is 0 Å².